The standard InChI is InChI=1S/C13H19NO2S/c1-4-12(2)14(3)17(15,16)11-10-13-8-6-5-7-9-13/h5-12H,4H2,1-3H3/b11-10-/t12-/m0/s1. The molecule has 0 unspecified atom stereocenters. The molecule has 0 radical (unpaired) electrons. The van der Waals surface area contributed by atoms with E-state index in [4.69, 9.17) is 0 Å². The molecule has 0 amide bonds. The van der Waals surface area contributed by atoms with E-state index in [9.17, 15) is 8.42 Å². The third-order valence-electron chi connectivity index (χ3n) is 2.84. The van der Waals surface area contributed by atoms with Crippen LogP contribution >= 0.6 is 0 Å². The summed E-state index contributed by atoms with van der Waals surface area (Å²) in [4.78, 5) is 0. The molecule has 1 rings (SSSR count). The molecule has 0 aromatic heterocycles. The highest BCUT2D eigenvalue weighted by molar-refractivity contribution is 7.92. The molecule has 0 saturated carbocycles. The van der Waals surface area contributed by atoms with Gasteiger partial charge in [0.25, 0.3) is 0 Å². The van der Waals surface area contributed by atoms with Crippen LogP contribution in [0.3, 0.4) is 0 Å². The minimum absolute atomic E-state index is 0.0143. The van der Waals surface area contributed by atoms with Gasteiger partial charge in [0.05, 0.1) is 0 Å². The Morgan fingerprint density at radius 3 is 2.41 bits per heavy atom. The molecule has 17 heavy (non-hydrogen) atoms. The lowest BCUT2D eigenvalue weighted by Gasteiger charge is -2.21. The van der Waals surface area contributed by atoms with E-state index in [1.165, 1.54) is 9.71 Å². The smallest absolute Gasteiger partial charge is 0.208 e. The Hall–Kier alpha value is -1.13. The third-order valence-corrected chi connectivity index (χ3v) is 4.49. The molecule has 1 atom stereocenters. The van der Waals surface area contributed by atoms with E-state index < -0.39 is 10.0 Å². The second-order valence-electron chi connectivity index (χ2n) is 4.03. The maximum absolute atomic E-state index is 11.9. The monoisotopic (exact) mass is 253 g/mol. The zero-order valence-electron chi connectivity index (χ0n) is 10.5. The van der Waals surface area contributed by atoms with E-state index in [1.54, 1.807) is 13.1 Å². The molecule has 0 bridgehead atoms. The van der Waals surface area contributed by atoms with E-state index in [2.05, 4.69) is 0 Å². The van der Waals surface area contributed by atoms with Gasteiger partial charge in [0.15, 0.2) is 0 Å². The summed E-state index contributed by atoms with van der Waals surface area (Å²) in [5, 5.41) is 1.26. The minimum Gasteiger partial charge on any atom is -0.208 e. The SMILES string of the molecule is CC[C@H](C)N(C)S(=O)(=O)/C=C\c1ccccc1. The normalized spacial score (nSPS) is 14.4. The number of sulfonamides is 1. The van der Waals surface area contributed by atoms with Gasteiger partial charge in [-0.05, 0) is 25.0 Å². The van der Waals surface area contributed by atoms with Crippen molar-refractivity contribution in [3.63, 3.8) is 0 Å². The van der Waals surface area contributed by atoms with Crippen LogP contribution in [0.15, 0.2) is 35.7 Å². The van der Waals surface area contributed by atoms with Crippen LogP contribution in [-0.2, 0) is 10.0 Å². The Morgan fingerprint density at radius 1 is 1.29 bits per heavy atom. The molecule has 94 valence electrons. The van der Waals surface area contributed by atoms with Crippen molar-refractivity contribution in [2.75, 3.05) is 7.05 Å². The van der Waals surface area contributed by atoms with Crippen molar-refractivity contribution < 1.29 is 8.42 Å². The summed E-state index contributed by atoms with van der Waals surface area (Å²) in [6.45, 7) is 3.87. The zero-order valence-corrected chi connectivity index (χ0v) is 11.3. The Bertz CT molecular complexity index is 465. The van der Waals surface area contributed by atoms with Crippen LogP contribution in [0, 0.1) is 0 Å². The first-order valence-electron chi connectivity index (χ1n) is 5.68. The second-order valence-corrected chi connectivity index (χ2v) is 5.91. The van der Waals surface area contributed by atoms with E-state index >= 15 is 0 Å². The molecule has 1 aromatic rings. The number of rotatable bonds is 5. The highest BCUT2D eigenvalue weighted by atomic mass is 32.2. The number of benzene rings is 1. The van der Waals surface area contributed by atoms with Gasteiger partial charge in [0.2, 0.25) is 10.0 Å². The molecule has 0 heterocycles. The maximum Gasteiger partial charge on any atom is 0.236 e. The van der Waals surface area contributed by atoms with Gasteiger partial charge in [-0.25, -0.2) is 8.42 Å². The van der Waals surface area contributed by atoms with Crippen LogP contribution in [0.25, 0.3) is 6.08 Å². The average molecular weight is 253 g/mol. The van der Waals surface area contributed by atoms with Gasteiger partial charge in [-0.2, -0.15) is 4.31 Å². The molecule has 0 saturated heterocycles. The summed E-state index contributed by atoms with van der Waals surface area (Å²) >= 11 is 0. The van der Waals surface area contributed by atoms with Gasteiger partial charge >= 0.3 is 0 Å². The Labute approximate surface area is 104 Å². The maximum atomic E-state index is 11.9. The zero-order chi connectivity index (χ0) is 12.9. The van der Waals surface area contributed by atoms with Gasteiger partial charge in [-0.1, -0.05) is 37.3 Å². The fourth-order valence-corrected chi connectivity index (χ4v) is 2.50. The molecule has 4 heteroatoms. The first-order chi connectivity index (χ1) is 7.97. The predicted molar refractivity (Wildman–Crippen MR) is 71.9 cm³/mol. The Kier molecular flexibility index (Phi) is 4.90. The molecule has 0 spiro atoms. The fourth-order valence-electron chi connectivity index (χ4n) is 1.33. The third kappa shape index (κ3) is 3.98. The minimum atomic E-state index is -3.32. The summed E-state index contributed by atoms with van der Waals surface area (Å²) in [6.07, 6.45) is 2.42. The highest BCUT2D eigenvalue weighted by Gasteiger charge is 2.18. The topological polar surface area (TPSA) is 37.4 Å². The highest BCUT2D eigenvalue weighted by Crippen LogP contribution is 2.11. The Morgan fingerprint density at radius 2 is 1.88 bits per heavy atom. The second kappa shape index (κ2) is 5.98. The van der Waals surface area contributed by atoms with Crippen LogP contribution in [0.4, 0.5) is 0 Å². The molecule has 1 aromatic carbocycles. The molecular formula is C13H19NO2S. The average Bonchev–Trinajstić information content (AvgIpc) is 2.36. The lowest BCUT2D eigenvalue weighted by molar-refractivity contribution is 0.386. The van der Waals surface area contributed by atoms with Crippen LogP contribution in [0.2, 0.25) is 0 Å². The summed E-state index contributed by atoms with van der Waals surface area (Å²) < 4.78 is 25.3. The van der Waals surface area contributed by atoms with Crippen molar-refractivity contribution in [1.82, 2.24) is 4.31 Å². The van der Waals surface area contributed by atoms with Crippen molar-refractivity contribution in [3.8, 4) is 0 Å². The first-order valence-corrected chi connectivity index (χ1v) is 7.19. The van der Waals surface area contributed by atoms with Gasteiger partial charge in [0.1, 0.15) is 0 Å². The number of hydrogen-bond donors (Lipinski definition) is 0. The van der Waals surface area contributed by atoms with Gasteiger partial charge in [-0.15, -0.1) is 0 Å². The molecule has 0 aliphatic heterocycles. The number of hydrogen-bond acceptors (Lipinski definition) is 2. The fraction of sp³-hybridized carbons (Fsp3) is 0.385. The van der Waals surface area contributed by atoms with Crippen molar-refractivity contribution in [1.29, 1.82) is 0 Å². The predicted octanol–water partition coefficient (Wildman–Crippen LogP) is 2.72. The lowest BCUT2D eigenvalue weighted by Crippen LogP contribution is -2.33. The van der Waals surface area contributed by atoms with Gasteiger partial charge in [-0.3, -0.25) is 0 Å². The van der Waals surface area contributed by atoms with Crippen LogP contribution in [0.5, 0.6) is 0 Å². The van der Waals surface area contributed by atoms with E-state index in [1.807, 2.05) is 44.2 Å². The summed E-state index contributed by atoms with van der Waals surface area (Å²) in [5.41, 5.74) is 0.883. The van der Waals surface area contributed by atoms with Crippen molar-refractivity contribution in [2.45, 2.75) is 26.3 Å². The Balaban J connectivity index is 2.84. The summed E-state index contributed by atoms with van der Waals surface area (Å²) in [5.74, 6) is 0. The van der Waals surface area contributed by atoms with Crippen LogP contribution in [-0.4, -0.2) is 25.8 Å². The van der Waals surface area contributed by atoms with E-state index in [-0.39, 0.29) is 6.04 Å². The molecule has 0 aliphatic carbocycles. The van der Waals surface area contributed by atoms with Crippen molar-refractivity contribution in [3.05, 3.63) is 41.3 Å². The molecule has 0 aliphatic rings. The first kappa shape index (κ1) is 13.9. The van der Waals surface area contributed by atoms with E-state index in [0.717, 1.165) is 12.0 Å². The van der Waals surface area contributed by atoms with Crippen LogP contribution < -0.4 is 0 Å². The van der Waals surface area contributed by atoms with Crippen molar-refractivity contribution >= 4 is 16.1 Å². The molecule has 0 N–H and O–H groups in total. The van der Waals surface area contributed by atoms with Crippen molar-refractivity contribution in [2.24, 2.45) is 0 Å². The quantitative estimate of drug-likeness (QED) is 0.809. The van der Waals surface area contributed by atoms with E-state index in [0.29, 0.717) is 0 Å². The molecular weight excluding hydrogens is 234 g/mol. The molecule has 3 nitrogen and oxygen atoms in total. The summed E-state index contributed by atoms with van der Waals surface area (Å²) in [6, 6.07) is 9.41. The largest absolute Gasteiger partial charge is 0.236 e. The van der Waals surface area contributed by atoms with Crippen LogP contribution in [0.1, 0.15) is 25.8 Å². The molecule has 0 fully saturated rings. The summed E-state index contributed by atoms with van der Waals surface area (Å²) in [7, 11) is -1.71. The lowest BCUT2D eigenvalue weighted by atomic mass is 10.2. The van der Waals surface area contributed by atoms with Gasteiger partial charge in [0, 0.05) is 18.5 Å². The van der Waals surface area contributed by atoms with Gasteiger partial charge < -0.3 is 0 Å². The number of nitrogens with zero attached hydrogens (tertiary/aromatic N) is 1.